The number of amides is 2. The molecular formula is C24H31ClN4O4. The molecule has 0 spiro atoms. The van der Waals surface area contributed by atoms with Gasteiger partial charge in [-0.15, -0.1) is 0 Å². The number of likely N-dealkylation sites (tertiary alicyclic amines) is 1. The van der Waals surface area contributed by atoms with Gasteiger partial charge in [-0.05, 0) is 63.6 Å². The summed E-state index contributed by atoms with van der Waals surface area (Å²) in [6.45, 7) is 6.95. The zero-order valence-electron chi connectivity index (χ0n) is 19.4. The molecule has 2 N–H and O–H groups in total. The van der Waals surface area contributed by atoms with E-state index >= 15 is 0 Å². The summed E-state index contributed by atoms with van der Waals surface area (Å²) in [7, 11) is 1.59. The number of urea groups is 1. The lowest BCUT2D eigenvalue weighted by Gasteiger charge is -2.38. The molecule has 1 aliphatic rings. The van der Waals surface area contributed by atoms with Gasteiger partial charge >= 0.3 is 12.0 Å². The number of nitrogens with one attached hydrogen (secondary N) is 2. The second-order valence-electron chi connectivity index (χ2n) is 9.05. The number of piperidine rings is 1. The van der Waals surface area contributed by atoms with Crippen LogP contribution in [0.25, 0.3) is 0 Å². The van der Waals surface area contributed by atoms with Crippen LogP contribution < -0.4 is 15.4 Å². The summed E-state index contributed by atoms with van der Waals surface area (Å²) in [4.78, 5) is 31.6. The van der Waals surface area contributed by atoms with Gasteiger partial charge < -0.3 is 20.1 Å². The summed E-state index contributed by atoms with van der Waals surface area (Å²) in [5.41, 5.74) is 0.938. The normalized spacial score (nSPS) is 18.9. The van der Waals surface area contributed by atoms with Crippen LogP contribution in [0.1, 0.15) is 38.8 Å². The minimum atomic E-state index is -0.534. The number of aromatic nitrogens is 1. The van der Waals surface area contributed by atoms with E-state index < -0.39 is 5.60 Å². The highest BCUT2D eigenvalue weighted by molar-refractivity contribution is 6.30. The molecule has 1 fully saturated rings. The molecule has 2 amide bonds. The fraction of sp³-hybridized carbons (Fsp3) is 0.458. The Bertz CT molecular complexity index is 944. The van der Waals surface area contributed by atoms with Crippen LogP contribution in [0.5, 0.6) is 5.75 Å². The number of halogens is 1. The molecule has 8 nitrogen and oxygen atoms in total. The summed E-state index contributed by atoms with van der Waals surface area (Å²) < 4.78 is 10.7. The van der Waals surface area contributed by atoms with E-state index in [0.717, 1.165) is 5.69 Å². The summed E-state index contributed by atoms with van der Waals surface area (Å²) >= 11 is 5.92. The van der Waals surface area contributed by atoms with Crippen molar-refractivity contribution in [3.8, 4) is 5.75 Å². The lowest BCUT2D eigenvalue weighted by atomic mass is 9.88. The van der Waals surface area contributed by atoms with E-state index in [1.807, 2.05) is 37.8 Å². The minimum Gasteiger partial charge on any atom is -0.495 e. The Hall–Kier alpha value is -2.84. The van der Waals surface area contributed by atoms with E-state index in [2.05, 4.69) is 15.6 Å². The van der Waals surface area contributed by atoms with Crippen molar-refractivity contribution in [2.24, 2.45) is 0 Å². The first kappa shape index (κ1) is 24.8. The van der Waals surface area contributed by atoms with E-state index in [1.54, 1.807) is 37.6 Å². The van der Waals surface area contributed by atoms with Crippen LogP contribution in [0.2, 0.25) is 5.02 Å². The first-order valence-corrected chi connectivity index (χ1v) is 11.3. The van der Waals surface area contributed by atoms with Crippen molar-refractivity contribution in [1.82, 2.24) is 15.2 Å². The second kappa shape index (κ2) is 10.9. The van der Waals surface area contributed by atoms with Crippen LogP contribution in [0.4, 0.5) is 10.5 Å². The van der Waals surface area contributed by atoms with Gasteiger partial charge in [-0.1, -0.05) is 11.6 Å². The van der Waals surface area contributed by atoms with Crippen LogP contribution in [0.15, 0.2) is 42.6 Å². The fourth-order valence-corrected chi connectivity index (χ4v) is 3.92. The van der Waals surface area contributed by atoms with Gasteiger partial charge in [-0.3, -0.25) is 14.7 Å². The molecule has 0 radical (unpaired) electrons. The van der Waals surface area contributed by atoms with Crippen molar-refractivity contribution >= 4 is 29.3 Å². The topological polar surface area (TPSA) is 92.8 Å². The Morgan fingerprint density at radius 2 is 1.91 bits per heavy atom. The number of hydrogen-bond acceptors (Lipinski definition) is 6. The maximum atomic E-state index is 12.7. The zero-order valence-corrected chi connectivity index (χ0v) is 20.2. The molecule has 0 unspecified atom stereocenters. The third-order valence-electron chi connectivity index (χ3n) is 5.26. The standard InChI is InChI=1S/C24H31ClN4O4/c1-24(2,3)33-22(30)15-29-12-11-21(19(14-29)20-10-9-18(32-4)13-26-20)28-23(31)27-17-7-5-16(25)6-8-17/h5-10,13,19,21H,11-12,14-15H2,1-4H3,(H2,27,28,31)/t19-,21+/m0/s1. The average molecular weight is 475 g/mol. The molecule has 2 heterocycles. The average Bonchev–Trinajstić information content (AvgIpc) is 2.75. The Kier molecular flexibility index (Phi) is 8.15. The Balaban J connectivity index is 1.70. The molecule has 1 aromatic heterocycles. The van der Waals surface area contributed by atoms with Crippen molar-refractivity contribution in [2.75, 3.05) is 32.1 Å². The highest BCUT2D eigenvalue weighted by Gasteiger charge is 2.34. The predicted molar refractivity (Wildman–Crippen MR) is 128 cm³/mol. The minimum absolute atomic E-state index is 0.108. The first-order chi connectivity index (χ1) is 15.6. The van der Waals surface area contributed by atoms with Crippen molar-refractivity contribution in [3.63, 3.8) is 0 Å². The van der Waals surface area contributed by atoms with Crippen LogP contribution in [-0.2, 0) is 9.53 Å². The van der Waals surface area contributed by atoms with Crippen LogP contribution in [0.3, 0.4) is 0 Å². The maximum Gasteiger partial charge on any atom is 0.320 e. The Morgan fingerprint density at radius 1 is 1.18 bits per heavy atom. The number of hydrogen-bond donors (Lipinski definition) is 2. The summed E-state index contributed by atoms with van der Waals surface area (Å²) in [5, 5.41) is 6.51. The van der Waals surface area contributed by atoms with E-state index in [0.29, 0.717) is 36.0 Å². The number of methoxy groups -OCH3 is 1. The third kappa shape index (κ3) is 7.61. The highest BCUT2D eigenvalue weighted by atomic mass is 35.5. The van der Waals surface area contributed by atoms with E-state index in [4.69, 9.17) is 21.1 Å². The van der Waals surface area contributed by atoms with Gasteiger partial charge in [0.05, 0.1) is 19.9 Å². The van der Waals surface area contributed by atoms with E-state index in [-0.39, 0.29) is 30.5 Å². The van der Waals surface area contributed by atoms with Crippen molar-refractivity contribution in [2.45, 2.75) is 44.8 Å². The number of ether oxygens (including phenoxy) is 2. The SMILES string of the molecule is COc1ccc([C@@H]2CN(CC(=O)OC(C)(C)C)CC[C@H]2NC(=O)Nc2ccc(Cl)cc2)nc1. The smallest absolute Gasteiger partial charge is 0.320 e. The van der Waals surface area contributed by atoms with E-state index in [1.165, 1.54) is 0 Å². The molecule has 0 bridgehead atoms. The van der Waals surface area contributed by atoms with Gasteiger partial charge in [0.1, 0.15) is 11.4 Å². The van der Waals surface area contributed by atoms with Crippen molar-refractivity contribution < 1.29 is 19.1 Å². The van der Waals surface area contributed by atoms with Crippen LogP contribution in [-0.4, -0.2) is 60.3 Å². The number of benzene rings is 1. The lowest BCUT2D eigenvalue weighted by molar-refractivity contribution is -0.156. The Labute approximate surface area is 199 Å². The number of esters is 1. The second-order valence-corrected chi connectivity index (χ2v) is 9.49. The lowest BCUT2D eigenvalue weighted by Crippen LogP contribution is -2.52. The number of anilines is 1. The van der Waals surface area contributed by atoms with Crippen LogP contribution >= 0.6 is 11.6 Å². The summed E-state index contributed by atoms with van der Waals surface area (Å²) in [5.74, 6) is 0.282. The van der Waals surface area contributed by atoms with Crippen molar-refractivity contribution in [3.05, 3.63) is 53.3 Å². The van der Waals surface area contributed by atoms with E-state index in [9.17, 15) is 9.59 Å². The third-order valence-corrected chi connectivity index (χ3v) is 5.52. The summed E-state index contributed by atoms with van der Waals surface area (Å²) in [6.07, 6.45) is 2.32. The van der Waals surface area contributed by atoms with Gasteiger partial charge in [-0.25, -0.2) is 4.79 Å². The Morgan fingerprint density at radius 3 is 2.52 bits per heavy atom. The number of pyridine rings is 1. The highest BCUT2D eigenvalue weighted by Crippen LogP contribution is 2.28. The van der Waals surface area contributed by atoms with Gasteiger partial charge in [0.2, 0.25) is 0 Å². The van der Waals surface area contributed by atoms with Crippen molar-refractivity contribution in [1.29, 1.82) is 0 Å². The van der Waals surface area contributed by atoms with Gasteiger partial charge in [-0.2, -0.15) is 0 Å². The molecule has 33 heavy (non-hydrogen) atoms. The number of nitrogens with zero attached hydrogens (tertiary/aromatic N) is 2. The molecule has 178 valence electrons. The fourth-order valence-electron chi connectivity index (χ4n) is 3.79. The molecule has 3 rings (SSSR count). The van der Waals surface area contributed by atoms with Gasteiger partial charge in [0, 0.05) is 41.5 Å². The number of carbonyl (C=O) groups is 2. The van der Waals surface area contributed by atoms with Crippen LogP contribution in [0, 0.1) is 0 Å². The maximum absolute atomic E-state index is 12.7. The molecule has 9 heteroatoms. The largest absolute Gasteiger partial charge is 0.495 e. The molecule has 1 aliphatic heterocycles. The zero-order chi connectivity index (χ0) is 24.0. The van der Waals surface area contributed by atoms with Gasteiger partial charge in [0.15, 0.2) is 0 Å². The molecule has 1 saturated heterocycles. The summed E-state index contributed by atoms with van der Waals surface area (Å²) in [6, 6.07) is 10.2. The number of rotatable bonds is 6. The van der Waals surface area contributed by atoms with Gasteiger partial charge in [0.25, 0.3) is 0 Å². The molecule has 2 atom stereocenters. The molecule has 1 aromatic carbocycles. The molecule has 2 aromatic rings. The molecular weight excluding hydrogens is 444 g/mol. The first-order valence-electron chi connectivity index (χ1n) is 10.9. The molecule has 0 saturated carbocycles. The monoisotopic (exact) mass is 474 g/mol. The predicted octanol–water partition coefficient (Wildman–Crippen LogP) is 4.06. The quantitative estimate of drug-likeness (QED) is 0.613. The number of carbonyl (C=O) groups excluding carboxylic acids is 2. The molecule has 0 aliphatic carbocycles.